The highest BCUT2D eigenvalue weighted by Gasteiger charge is 2.49. The number of hydrogen-bond acceptors (Lipinski definition) is 2. The van der Waals surface area contributed by atoms with Crippen LogP contribution in [0.3, 0.4) is 0 Å². The molecule has 1 aromatic carbocycles. The molecule has 2 fully saturated rings. The fourth-order valence-corrected chi connectivity index (χ4v) is 5.40. The zero-order valence-corrected chi connectivity index (χ0v) is 16.6. The van der Waals surface area contributed by atoms with Gasteiger partial charge in [0.15, 0.2) is 0 Å². The van der Waals surface area contributed by atoms with Crippen molar-refractivity contribution in [2.75, 3.05) is 0 Å². The first-order valence-electron chi connectivity index (χ1n) is 10.1. The quantitative estimate of drug-likeness (QED) is 0.754. The molecular formula is C24H32O2. The highest BCUT2D eigenvalue weighted by atomic mass is 16.3. The maximum absolute atomic E-state index is 12.5. The summed E-state index contributed by atoms with van der Waals surface area (Å²) in [6, 6.07) is 7.86. The topological polar surface area (TPSA) is 37.3 Å². The van der Waals surface area contributed by atoms with Crippen LogP contribution in [0.5, 0.6) is 0 Å². The van der Waals surface area contributed by atoms with Crippen LogP contribution in [0.4, 0.5) is 0 Å². The minimum Gasteiger partial charge on any atom is -0.386 e. The second kappa shape index (κ2) is 7.20. The SMILES string of the molecule is C[C@@H](C#Cc1ccccc1C(C)(C)O)[C@H]1CCC[C@H]2C(=O)CCC[C@]12C. The van der Waals surface area contributed by atoms with Gasteiger partial charge in [0.05, 0.1) is 5.60 Å². The second-order valence-corrected chi connectivity index (χ2v) is 9.08. The molecule has 140 valence electrons. The molecule has 2 saturated carbocycles. The molecule has 2 nitrogen and oxygen atoms in total. The summed E-state index contributed by atoms with van der Waals surface area (Å²) in [5.74, 6) is 8.28. The van der Waals surface area contributed by atoms with Gasteiger partial charge in [0.1, 0.15) is 5.78 Å². The van der Waals surface area contributed by atoms with Crippen molar-refractivity contribution < 1.29 is 9.90 Å². The van der Waals surface area contributed by atoms with Crippen LogP contribution in [0.25, 0.3) is 0 Å². The normalized spacial score (nSPS) is 30.1. The first-order chi connectivity index (χ1) is 12.2. The first-order valence-corrected chi connectivity index (χ1v) is 10.1. The molecule has 1 N–H and O–H groups in total. The summed E-state index contributed by atoms with van der Waals surface area (Å²) in [7, 11) is 0. The molecule has 0 radical (unpaired) electrons. The number of hydrogen-bond donors (Lipinski definition) is 1. The maximum Gasteiger partial charge on any atom is 0.136 e. The highest BCUT2D eigenvalue weighted by molar-refractivity contribution is 5.82. The summed E-state index contributed by atoms with van der Waals surface area (Å²) in [5, 5.41) is 10.4. The van der Waals surface area contributed by atoms with Crippen molar-refractivity contribution in [2.24, 2.45) is 23.2 Å². The molecule has 0 aromatic heterocycles. The van der Waals surface area contributed by atoms with E-state index in [4.69, 9.17) is 0 Å². The Kier molecular flexibility index (Phi) is 5.31. The average molecular weight is 353 g/mol. The van der Waals surface area contributed by atoms with Crippen molar-refractivity contribution in [1.82, 2.24) is 0 Å². The zero-order chi connectivity index (χ0) is 18.9. The summed E-state index contributed by atoms with van der Waals surface area (Å²) in [5.41, 5.74) is 0.994. The molecule has 2 aliphatic carbocycles. The average Bonchev–Trinajstić information content (AvgIpc) is 2.58. The number of fused-ring (bicyclic) bond motifs is 1. The van der Waals surface area contributed by atoms with Crippen molar-refractivity contribution in [1.29, 1.82) is 0 Å². The Bertz CT molecular complexity index is 731. The molecule has 0 heterocycles. The molecule has 0 amide bonds. The number of benzene rings is 1. The van der Waals surface area contributed by atoms with E-state index in [2.05, 4.69) is 25.7 Å². The molecule has 4 atom stereocenters. The Labute approximate surface area is 158 Å². The molecule has 1 aromatic rings. The standard InChI is InChI=1S/C24H32O2/c1-17(14-15-18-9-5-6-10-20(18)23(2,3)26)19-11-7-12-21-22(25)13-8-16-24(19,21)4/h5-6,9-10,17,19,21,26H,7-8,11-13,16H2,1-4H3/t17-,19+,21-,24+/m0/s1. The van der Waals surface area contributed by atoms with Crippen LogP contribution in [0.1, 0.15) is 77.3 Å². The Morgan fingerprint density at radius 2 is 1.96 bits per heavy atom. The van der Waals surface area contributed by atoms with Crippen LogP contribution in [0.15, 0.2) is 24.3 Å². The molecule has 0 unspecified atom stereocenters. The second-order valence-electron chi connectivity index (χ2n) is 9.08. The lowest BCUT2D eigenvalue weighted by molar-refractivity contribution is -0.136. The lowest BCUT2D eigenvalue weighted by Gasteiger charge is -2.51. The van der Waals surface area contributed by atoms with Crippen molar-refractivity contribution in [3.05, 3.63) is 35.4 Å². The largest absolute Gasteiger partial charge is 0.386 e. The van der Waals surface area contributed by atoms with Crippen LogP contribution >= 0.6 is 0 Å². The lowest BCUT2D eigenvalue weighted by Crippen LogP contribution is -2.47. The number of aliphatic hydroxyl groups is 1. The van der Waals surface area contributed by atoms with Gasteiger partial charge < -0.3 is 5.11 Å². The van der Waals surface area contributed by atoms with E-state index in [0.29, 0.717) is 11.7 Å². The third-order valence-electron chi connectivity index (χ3n) is 6.80. The van der Waals surface area contributed by atoms with Crippen LogP contribution in [0, 0.1) is 35.0 Å². The molecule has 0 spiro atoms. The molecule has 26 heavy (non-hydrogen) atoms. The van der Waals surface area contributed by atoms with Crippen molar-refractivity contribution >= 4 is 5.78 Å². The van der Waals surface area contributed by atoms with Gasteiger partial charge in [-0.3, -0.25) is 4.79 Å². The van der Waals surface area contributed by atoms with E-state index in [-0.39, 0.29) is 17.3 Å². The van der Waals surface area contributed by atoms with Crippen molar-refractivity contribution in [3.8, 4) is 11.8 Å². The van der Waals surface area contributed by atoms with Gasteiger partial charge in [-0.05, 0) is 62.5 Å². The van der Waals surface area contributed by atoms with Gasteiger partial charge in [0.2, 0.25) is 0 Å². The predicted molar refractivity (Wildman–Crippen MR) is 106 cm³/mol. The van der Waals surface area contributed by atoms with E-state index >= 15 is 0 Å². The van der Waals surface area contributed by atoms with Crippen LogP contribution in [0.2, 0.25) is 0 Å². The Balaban J connectivity index is 1.86. The summed E-state index contributed by atoms with van der Waals surface area (Å²) in [6.07, 6.45) is 6.33. The fourth-order valence-electron chi connectivity index (χ4n) is 5.40. The molecule has 0 saturated heterocycles. The van der Waals surface area contributed by atoms with Gasteiger partial charge in [0, 0.05) is 23.8 Å². The third kappa shape index (κ3) is 3.60. The van der Waals surface area contributed by atoms with Gasteiger partial charge in [-0.15, -0.1) is 0 Å². The van der Waals surface area contributed by atoms with Gasteiger partial charge in [0.25, 0.3) is 0 Å². The van der Waals surface area contributed by atoms with Gasteiger partial charge in [-0.25, -0.2) is 0 Å². The van der Waals surface area contributed by atoms with Crippen molar-refractivity contribution in [2.45, 2.75) is 71.8 Å². The predicted octanol–water partition coefficient (Wildman–Crippen LogP) is 5.08. The smallest absolute Gasteiger partial charge is 0.136 e. The number of carbonyl (C=O) groups is 1. The van der Waals surface area contributed by atoms with E-state index in [1.54, 1.807) is 13.8 Å². The number of carbonyl (C=O) groups excluding carboxylic acids is 1. The molecule has 0 bridgehead atoms. The Morgan fingerprint density at radius 1 is 1.23 bits per heavy atom. The maximum atomic E-state index is 12.5. The molecule has 2 aliphatic rings. The number of Topliss-reactive ketones (excluding diaryl/α,β-unsaturated/α-hetero) is 1. The van der Waals surface area contributed by atoms with Gasteiger partial charge in [-0.2, -0.15) is 0 Å². The van der Waals surface area contributed by atoms with E-state index < -0.39 is 5.60 Å². The van der Waals surface area contributed by atoms with Crippen LogP contribution < -0.4 is 0 Å². The Morgan fingerprint density at radius 3 is 2.69 bits per heavy atom. The Hall–Kier alpha value is -1.59. The van der Waals surface area contributed by atoms with Crippen LogP contribution in [-0.2, 0) is 10.4 Å². The van der Waals surface area contributed by atoms with Gasteiger partial charge >= 0.3 is 0 Å². The number of rotatable bonds is 2. The summed E-state index contributed by atoms with van der Waals surface area (Å²) < 4.78 is 0. The number of ketones is 1. The zero-order valence-electron chi connectivity index (χ0n) is 16.6. The molecular weight excluding hydrogens is 320 g/mol. The molecule has 2 heteroatoms. The summed E-state index contributed by atoms with van der Waals surface area (Å²) >= 11 is 0. The van der Waals surface area contributed by atoms with E-state index in [0.717, 1.165) is 43.2 Å². The summed E-state index contributed by atoms with van der Waals surface area (Å²) in [4.78, 5) is 12.5. The third-order valence-corrected chi connectivity index (χ3v) is 6.80. The fraction of sp³-hybridized carbons (Fsp3) is 0.625. The van der Waals surface area contributed by atoms with Gasteiger partial charge in [-0.1, -0.05) is 50.3 Å². The van der Waals surface area contributed by atoms with Crippen molar-refractivity contribution in [3.63, 3.8) is 0 Å². The minimum atomic E-state index is -0.897. The summed E-state index contributed by atoms with van der Waals surface area (Å²) in [6.45, 7) is 8.16. The van der Waals surface area contributed by atoms with E-state index in [1.165, 1.54) is 6.42 Å². The van der Waals surface area contributed by atoms with E-state index in [1.807, 2.05) is 24.3 Å². The lowest BCUT2D eigenvalue weighted by atomic mass is 9.53. The molecule has 3 rings (SSSR count). The highest BCUT2D eigenvalue weighted by Crippen LogP contribution is 2.54. The molecule has 0 aliphatic heterocycles. The minimum absolute atomic E-state index is 0.109. The van der Waals surface area contributed by atoms with Crippen LogP contribution in [-0.4, -0.2) is 10.9 Å². The van der Waals surface area contributed by atoms with E-state index in [9.17, 15) is 9.90 Å². The first kappa shape index (κ1) is 19.2. The monoisotopic (exact) mass is 352 g/mol.